The van der Waals surface area contributed by atoms with Crippen LogP contribution in [0.4, 0.5) is 17.5 Å². The Labute approximate surface area is 162 Å². The number of hydrogen-bond acceptors (Lipinski definition) is 5. The third kappa shape index (κ3) is 3.85. The van der Waals surface area contributed by atoms with E-state index >= 15 is 0 Å². The molecule has 0 fully saturated rings. The summed E-state index contributed by atoms with van der Waals surface area (Å²) in [5.41, 5.74) is 4.23. The summed E-state index contributed by atoms with van der Waals surface area (Å²) < 4.78 is 0. The molecule has 0 atom stereocenters. The van der Waals surface area contributed by atoms with Gasteiger partial charge in [0.1, 0.15) is 0 Å². The number of anilines is 3. The number of hydrogen-bond donors (Lipinski definition) is 3. The number of aromatic amines is 1. The first-order valence-electron chi connectivity index (χ1n) is 8.71. The third-order valence-electron chi connectivity index (χ3n) is 4.45. The van der Waals surface area contributed by atoms with E-state index in [9.17, 15) is 0 Å². The molecule has 0 saturated carbocycles. The van der Waals surface area contributed by atoms with E-state index in [4.69, 9.17) is 11.6 Å². The maximum absolute atomic E-state index is 6.16. The van der Waals surface area contributed by atoms with Crippen LogP contribution >= 0.6 is 11.6 Å². The molecule has 0 radical (unpaired) electrons. The summed E-state index contributed by atoms with van der Waals surface area (Å²) in [6.07, 6.45) is 4.55. The van der Waals surface area contributed by atoms with Gasteiger partial charge in [0.15, 0.2) is 5.82 Å². The zero-order valence-electron chi connectivity index (χ0n) is 14.8. The van der Waals surface area contributed by atoms with E-state index in [1.807, 2.05) is 31.2 Å². The van der Waals surface area contributed by atoms with Gasteiger partial charge in [-0.15, -0.1) is 5.10 Å². The zero-order chi connectivity index (χ0) is 18.6. The van der Waals surface area contributed by atoms with E-state index in [1.165, 1.54) is 10.9 Å². The second-order valence-corrected chi connectivity index (χ2v) is 6.65. The van der Waals surface area contributed by atoms with Crippen molar-refractivity contribution in [3.63, 3.8) is 0 Å². The fourth-order valence-corrected chi connectivity index (χ4v) is 3.14. The van der Waals surface area contributed by atoms with E-state index in [1.54, 1.807) is 6.20 Å². The number of halogens is 1. The van der Waals surface area contributed by atoms with Gasteiger partial charge < -0.3 is 15.6 Å². The maximum Gasteiger partial charge on any atom is 0.249 e. The van der Waals surface area contributed by atoms with Gasteiger partial charge in [-0.25, -0.2) is 0 Å². The summed E-state index contributed by atoms with van der Waals surface area (Å²) in [5, 5.41) is 16.5. The van der Waals surface area contributed by atoms with Crippen LogP contribution in [0.25, 0.3) is 10.9 Å². The molecule has 2 heterocycles. The number of para-hydroxylation sites is 1. The number of rotatable bonds is 6. The molecule has 3 N–H and O–H groups in total. The zero-order valence-corrected chi connectivity index (χ0v) is 15.6. The number of fused-ring (bicyclic) bond motifs is 1. The predicted molar refractivity (Wildman–Crippen MR) is 110 cm³/mol. The van der Waals surface area contributed by atoms with Gasteiger partial charge in [-0.3, -0.25) is 0 Å². The molecule has 4 aromatic rings. The Bertz CT molecular complexity index is 1070. The van der Waals surface area contributed by atoms with Crippen LogP contribution in [0, 0.1) is 6.92 Å². The lowest BCUT2D eigenvalue weighted by atomic mass is 10.1. The van der Waals surface area contributed by atoms with E-state index in [0.717, 1.165) is 29.7 Å². The Morgan fingerprint density at radius 1 is 1.11 bits per heavy atom. The second kappa shape index (κ2) is 7.63. The highest BCUT2D eigenvalue weighted by atomic mass is 35.5. The molecule has 0 bridgehead atoms. The molecule has 0 aliphatic heterocycles. The first-order chi connectivity index (χ1) is 13.2. The topological polar surface area (TPSA) is 78.5 Å². The van der Waals surface area contributed by atoms with Gasteiger partial charge in [0.2, 0.25) is 5.95 Å². The lowest BCUT2D eigenvalue weighted by Crippen LogP contribution is -2.09. The summed E-state index contributed by atoms with van der Waals surface area (Å²) in [6, 6.07) is 14.0. The quantitative estimate of drug-likeness (QED) is 0.452. The second-order valence-electron chi connectivity index (χ2n) is 6.24. The molecule has 136 valence electrons. The molecule has 6 nitrogen and oxygen atoms in total. The van der Waals surface area contributed by atoms with E-state index < -0.39 is 0 Å². The number of nitrogens with one attached hydrogen (secondary N) is 3. The number of aromatic nitrogens is 4. The summed E-state index contributed by atoms with van der Waals surface area (Å²) in [5.74, 6) is 1.10. The van der Waals surface area contributed by atoms with Gasteiger partial charge in [0.25, 0.3) is 0 Å². The number of H-pyrrole nitrogens is 1. The van der Waals surface area contributed by atoms with Crippen molar-refractivity contribution in [3.05, 3.63) is 71.0 Å². The SMILES string of the molecule is Cc1c(Cl)cccc1Nc1nncc(NCCc2c[nH]c3ccccc23)n1. The van der Waals surface area contributed by atoms with Crippen molar-refractivity contribution in [3.8, 4) is 0 Å². The molecular weight excluding hydrogens is 360 g/mol. The minimum absolute atomic E-state index is 0.428. The van der Waals surface area contributed by atoms with Crippen LogP contribution < -0.4 is 10.6 Å². The molecule has 0 unspecified atom stereocenters. The Kier molecular flexibility index (Phi) is 4.89. The Morgan fingerprint density at radius 2 is 2.00 bits per heavy atom. The lowest BCUT2D eigenvalue weighted by molar-refractivity contribution is 0.952. The first-order valence-corrected chi connectivity index (χ1v) is 9.09. The van der Waals surface area contributed by atoms with Gasteiger partial charge in [-0.1, -0.05) is 35.9 Å². The van der Waals surface area contributed by atoms with Gasteiger partial charge in [-0.05, 0) is 42.7 Å². The molecule has 7 heteroatoms. The van der Waals surface area contributed by atoms with Gasteiger partial charge in [0, 0.05) is 34.4 Å². The van der Waals surface area contributed by atoms with Crippen molar-refractivity contribution in [1.82, 2.24) is 20.2 Å². The van der Waals surface area contributed by atoms with Crippen LogP contribution in [0.1, 0.15) is 11.1 Å². The van der Waals surface area contributed by atoms with Crippen molar-refractivity contribution < 1.29 is 0 Å². The average Bonchev–Trinajstić information content (AvgIpc) is 3.09. The van der Waals surface area contributed by atoms with E-state index in [2.05, 4.69) is 55.2 Å². The lowest BCUT2D eigenvalue weighted by Gasteiger charge is -2.10. The molecule has 0 spiro atoms. The van der Waals surface area contributed by atoms with Gasteiger partial charge >= 0.3 is 0 Å². The van der Waals surface area contributed by atoms with E-state index in [0.29, 0.717) is 16.8 Å². The molecule has 0 amide bonds. The van der Waals surface area contributed by atoms with Crippen molar-refractivity contribution in [1.29, 1.82) is 0 Å². The van der Waals surface area contributed by atoms with Gasteiger partial charge in [0.05, 0.1) is 6.20 Å². The molecule has 2 aromatic heterocycles. The maximum atomic E-state index is 6.16. The normalized spacial score (nSPS) is 10.9. The van der Waals surface area contributed by atoms with Crippen molar-refractivity contribution in [2.75, 3.05) is 17.2 Å². The smallest absolute Gasteiger partial charge is 0.249 e. The number of benzene rings is 2. The highest BCUT2D eigenvalue weighted by molar-refractivity contribution is 6.31. The molecule has 27 heavy (non-hydrogen) atoms. The monoisotopic (exact) mass is 378 g/mol. The molecule has 2 aromatic carbocycles. The minimum atomic E-state index is 0.428. The van der Waals surface area contributed by atoms with Crippen molar-refractivity contribution in [2.24, 2.45) is 0 Å². The fourth-order valence-electron chi connectivity index (χ4n) is 2.97. The molecule has 0 aliphatic rings. The Balaban J connectivity index is 1.41. The highest BCUT2D eigenvalue weighted by Crippen LogP contribution is 2.25. The molecule has 4 rings (SSSR count). The molecule has 0 saturated heterocycles. The summed E-state index contributed by atoms with van der Waals surface area (Å²) in [7, 11) is 0. The molecular formula is C20H19ClN6. The van der Waals surface area contributed by atoms with Crippen LogP contribution in [0.15, 0.2) is 54.9 Å². The largest absolute Gasteiger partial charge is 0.368 e. The number of nitrogens with zero attached hydrogens (tertiary/aromatic N) is 3. The van der Waals surface area contributed by atoms with Crippen LogP contribution in [-0.2, 0) is 6.42 Å². The molecule has 0 aliphatic carbocycles. The van der Waals surface area contributed by atoms with Crippen LogP contribution in [0.3, 0.4) is 0 Å². The summed E-state index contributed by atoms with van der Waals surface area (Å²) in [6.45, 7) is 2.69. The average molecular weight is 379 g/mol. The van der Waals surface area contributed by atoms with Crippen molar-refractivity contribution in [2.45, 2.75) is 13.3 Å². The highest BCUT2D eigenvalue weighted by Gasteiger charge is 2.06. The first kappa shape index (κ1) is 17.3. The predicted octanol–water partition coefficient (Wildman–Crippen LogP) is 4.71. The Hall–Kier alpha value is -3.12. The van der Waals surface area contributed by atoms with E-state index in [-0.39, 0.29) is 0 Å². The fraction of sp³-hybridized carbons (Fsp3) is 0.150. The Morgan fingerprint density at radius 3 is 2.93 bits per heavy atom. The third-order valence-corrected chi connectivity index (χ3v) is 4.86. The summed E-state index contributed by atoms with van der Waals surface area (Å²) in [4.78, 5) is 7.77. The van der Waals surface area contributed by atoms with Crippen LogP contribution in [-0.4, -0.2) is 26.7 Å². The summed E-state index contributed by atoms with van der Waals surface area (Å²) >= 11 is 6.16. The minimum Gasteiger partial charge on any atom is -0.368 e. The van der Waals surface area contributed by atoms with Crippen molar-refractivity contribution >= 4 is 40.0 Å². The standard InChI is InChI=1S/C20H19ClN6/c1-13-16(21)6-4-8-17(13)25-20-26-19(12-24-27-20)22-10-9-14-11-23-18-7-3-2-5-15(14)18/h2-8,11-12,23H,9-10H2,1H3,(H2,22,25,26,27). The van der Waals surface area contributed by atoms with Crippen LogP contribution in [0.5, 0.6) is 0 Å². The van der Waals surface area contributed by atoms with Crippen LogP contribution in [0.2, 0.25) is 5.02 Å². The van der Waals surface area contributed by atoms with Gasteiger partial charge in [-0.2, -0.15) is 10.1 Å².